The third kappa shape index (κ3) is 4.39. The van der Waals surface area contributed by atoms with Crippen molar-refractivity contribution in [3.63, 3.8) is 0 Å². The van der Waals surface area contributed by atoms with Crippen molar-refractivity contribution in [3.8, 4) is 0 Å². The molecule has 3 nitrogen and oxygen atoms in total. The van der Waals surface area contributed by atoms with Gasteiger partial charge in [0.15, 0.2) is 0 Å². The van der Waals surface area contributed by atoms with Crippen LogP contribution in [0.25, 0.3) is 0 Å². The van der Waals surface area contributed by atoms with Crippen molar-refractivity contribution in [2.75, 3.05) is 17.2 Å². The monoisotopic (exact) mass is 214 g/mol. The SMILES string of the molecule is CC(=O)Nc1cccc(NCC(F)F)c1. The predicted octanol–water partition coefficient (Wildman–Crippen LogP) is 2.32. The second kappa shape index (κ2) is 5.29. The molecule has 0 saturated carbocycles. The molecule has 82 valence electrons. The number of nitrogens with one attached hydrogen (secondary N) is 2. The maximum Gasteiger partial charge on any atom is 0.255 e. The van der Waals surface area contributed by atoms with Crippen molar-refractivity contribution in [3.05, 3.63) is 24.3 Å². The molecule has 0 heterocycles. The molecule has 1 amide bonds. The molecule has 15 heavy (non-hydrogen) atoms. The van der Waals surface area contributed by atoms with Crippen LogP contribution in [0.1, 0.15) is 6.92 Å². The fourth-order valence-electron chi connectivity index (χ4n) is 1.11. The van der Waals surface area contributed by atoms with Gasteiger partial charge in [-0.2, -0.15) is 0 Å². The van der Waals surface area contributed by atoms with E-state index in [0.717, 1.165) is 0 Å². The summed E-state index contributed by atoms with van der Waals surface area (Å²) in [6.07, 6.45) is -2.39. The van der Waals surface area contributed by atoms with Gasteiger partial charge < -0.3 is 10.6 Å². The molecule has 0 bridgehead atoms. The van der Waals surface area contributed by atoms with E-state index in [1.54, 1.807) is 24.3 Å². The Morgan fingerprint density at radius 1 is 1.40 bits per heavy atom. The number of benzene rings is 1. The van der Waals surface area contributed by atoms with Gasteiger partial charge in [0.05, 0.1) is 6.54 Å². The molecule has 1 rings (SSSR count). The summed E-state index contributed by atoms with van der Waals surface area (Å²) >= 11 is 0. The number of rotatable bonds is 4. The molecule has 0 aromatic heterocycles. The van der Waals surface area contributed by atoms with E-state index in [0.29, 0.717) is 11.4 Å². The molecule has 0 saturated heterocycles. The quantitative estimate of drug-likeness (QED) is 0.807. The second-order valence-corrected chi connectivity index (χ2v) is 3.03. The Labute approximate surface area is 86.5 Å². The van der Waals surface area contributed by atoms with E-state index in [1.807, 2.05) is 0 Å². The molecular formula is C10H12F2N2O. The van der Waals surface area contributed by atoms with Gasteiger partial charge in [0, 0.05) is 18.3 Å². The van der Waals surface area contributed by atoms with Crippen LogP contribution in [0.2, 0.25) is 0 Å². The first-order valence-electron chi connectivity index (χ1n) is 4.47. The average molecular weight is 214 g/mol. The van der Waals surface area contributed by atoms with Crippen LogP contribution in [-0.4, -0.2) is 18.9 Å². The maximum absolute atomic E-state index is 11.9. The van der Waals surface area contributed by atoms with Gasteiger partial charge in [-0.1, -0.05) is 6.07 Å². The van der Waals surface area contributed by atoms with E-state index in [1.165, 1.54) is 6.92 Å². The summed E-state index contributed by atoms with van der Waals surface area (Å²) in [6.45, 7) is 0.989. The normalized spacial score (nSPS) is 10.1. The zero-order valence-corrected chi connectivity index (χ0v) is 8.26. The van der Waals surface area contributed by atoms with E-state index < -0.39 is 13.0 Å². The number of hydrogen-bond donors (Lipinski definition) is 2. The van der Waals surface area contributed by atoms with Gasteiger partial charge in [-0.3, -0.25) is 4.79 Å². The van der Waals surface area contributed by atoms with Gasteiger partial charge in [0.25, 0.3) is 6.43 Å². The number of anilines is 2. The molecule has 0 spiro atoms. The first-order valence-corrected chi connectivity index (χ1v) is 4.47. The van der Waals surface area contributed by atoms with E-state index in [4.69, 9.17) is 0 Å². The third-order valence-corrected chi connectivity index (χ3v) is 1.64. The van der Waals surface area contributed by atoms with Gasteiger partial charge in [-0.15, -0.1) is 0 Å². The topological polar surface area (TPSA) is 41.1 Å². The van der Waals surface area contributed by atoms with Crippen LogP contribution in [0.4, 0.5) is 20.2 Å². The summed E-state index contributed by atoms with van der Waals surface area (Å²) in [7, 11) is 0. The zero-order valence-electron chi connectivity index (χ0n) is 8.26. The number of carbonyl (C=O) groups excluding carboxylic acids is 1. The first-order chi connectivity index (χ1) is 7.08. The summed E-state index contributed by atoms with van der Waals surface area (Å²) < 4.78 is 23.8. The third-order valence-electron chi connectivity index (χ3n) is 1.64. The molecule has 0 fully saturated rings. The lowest BCUT2D eigenvalue weighted by molar-refractivity contribution is -0.114. The highest BCUT2D eigenvalue weighted by molar-refractivity contribution is 5.89. The van der Waals surface area contributed by atoms with Crippen molar-refractivity contribution >= 4 is 17.3 Å². The smallest absolute Gasteiger partial charge is 0.255 e. The number of alkyl halides is 2. The van der Waals surface area contributed by atoms with Crippen LogP contribution < -0.4 is 10.6 Å². The van der Waals surface area contributed by atoms with E-state index >= 15 is 0 Å². The van der Waals surface area contributed by atoms with Crippen LogP contribution in [0, 0.1) is 0 Å². The van der Waals surface area contributed by atoms with Gasteiger partial charge in [0.2, 0.25) is 5.91 Å². The molecular weight excluding hydrogens is 202 g/mol. The molecule has 1 aromatic carbocycles. The van der Waals surface area contributed by atoms with Crippen molar-refractivity contribution in [1.82, 2.24) is 0 Å². The summed E-state index contributed by atoms with van der Waals surface area (Å²) in [5.41, 5.74) is 1.14. The predicted molar refractivity (Wildman–Crippen MR) is 55.2 cm³/mol. The van der Waals surface area contributed by atoms with Gasteiger partial charge in [0.1, 0.15) is 0 Å². The Kier molecular flexibility index (Phi) is 4.03. The van der Waals surface area contributed by atoms with Crippen LogP contribution in [-0.2, 0) is 4.79 Å². The molecule has 0 aliphatic carbocycles. The Morgan fingerprint density at radius 2 is 2.07 bits per heavy atom. The van der Waals surface area contributed by atoms with E-state index in [2.05, 4.69) is 10.6 Å². The zero-order chi connectivity index (χ0) is 11.3. The van der Waals surface area contributed by atoms with Gasteiger partial charge in [-0.25, -0.2) is 8.78 Å². The minimum Gasteiger partial charge on any atom is -0.379 e. The van der Waals surface area contributed by atoms with Crippen LogP contribution in [0.3, 0.4) is 0 Å². The largest absolute Gasteiger partial charge is 0.379 e. The lowest BCUT2D eigenvalue weighted by atomic mass is 10.2. The standard InChI is InChI=1S/C10H12F2N2O/c1-7(15)14-9-4-2-3-8(5-9)13-6-10(11)12/h2-5,10,13H,6H2,1H3,(H,14,15). The number of carbonyl (C=O) groups is 1. The molecule has 5 heteroatoms. The Bertz CT molecular complexity index is 342. The minimum absolute atomic E-state index is 0.194. The second-order valence-electron chi connectivity index (χ2n) is 3.03. The highest BCUT2D eigenvalue weighted by Crippen LogP contribution is 2.15. The molecule has 0 radical (unpaired) electrons. The Balaban J connectivity index is 2.61. The van der Waals surface area contributed by atoms with E-state index in [-0.39, 0.29) is 5.91 Å². The van der Waals surface area contributed by atoms with Gasteiger partial charge in [-0.05, 0) is 18.2 Å². The highest BCUT2D eigenvalue weighted by Gasteiger charge is 2.02. The van der Waals surface area contributed by atoms with Crippen molar-refractivity contribution in [2.24, 2.45) is 0 Å². The Morgan fingerprint density at radius 3 is 2.67 bits per heavy atom. The highest BCUT2D eigenvalue weighted by atomic mass is 19.3. The summed E-state index contributed by atoms with van der Waals surface area (Å²) in [6, 6.07) is 6.63. The first kappa shape index (κ1) is 11.4. The molecule has 2 N–H and O–H groups in total. The lowest BCUT2D eigenvalue weighted by Gasteiger charge is -2.07. The van der Waals surface area contributed by atoms with Gasteiger partial charge >= 0.3 is 0 Å². The molecule has 0 atom stereocenters. The molecule has 0 aliphatic rings. The Hall–Kier alpha value is -1.65. The minimum atomic E-state index is -2.39. The molecule has 0 unspecified atom stereocenters. The van der Waals surface area contributed by atoms with Crippen molar-refractivity contribution in [2.45, 2.75) is 13.3 Å². The summed E-state index contributed by atoms with van der Waals surface area (Å²) in [5, 5.41) is 5.12. The van der Waals surface area contributed by atoms with Crippen molar-refractivity contribution in [1.29, 1.82) is 0 Å². The maximum atomic E-state index is 11.9. The number of halogens is 2. The summed E-state index contributed by atoms with van der Waals surface area (Å²) in [5.74, 6) is -0.194. The van der Waals surface area contributed by atoms with Crippen LogP contribution in [0.15, 0.2) is 24.3 Å². The van der Waals surface area contributed by atoms with E-state index in [9.17, 15) is 13.6 Å². The number of amides is 1. The summed E-state index contributed by atoms with van der Waals surface area (Å²) in [4.78, 5) is 10.7. The van der Waals surface area contributed by atoms with Crippen molar-refractivity contribution < 1.29 is 13.6 Å². The number of hydrogen-bond acceptors (Lipinski definition) is 2. The van der Waals surface area contributed by atoms with Crippen LogP contribution in [0.5, 0.6) is 0 Å². The average Bonchev–Trinajstić information content (AvgIpc) is 2.14. The molecule has 1 aromatic rings. The molecule has 0 aliphatic heterocycles. The van der Waals surface area contributed by atoms with Crippen LogP contribution >= 0.6 is 0 Å². The lowest BCUT2D eigenvalue weighted by Crippen LogP contribution is -2.11. The fourth-order valence-corrected chi connectivity index (χ4v) is 1.11. The fraction of sp³-hybridized carbons (Fsp3) is 0.300.